The molecule has 0 aliphatic heterocycles. The Labute approximate surface area is 416 Å². The molecular formula is C70H44O2. The molecular weight excluding hydrogens is 873 g/mol. The van der Waals surface area contributed by atoms with Gasteiger partial charge in [0, 0.05) is 27.6 Å². The second-order valence-corrected chi connectivity index (χ2v) is 19.3. The van der Waals surface area contributed by atoms with Gasteiger partial charge in [0.2, 0.25) is 0 Å². The molecule has 0 bridgehead atoms. The minimum absolute atomic E-state index is 0.100. The third-order valence-electron chi connectivity index (χ3n) is 15.4. The summed E-state index contributed by atoms with van der Waals surface area (Å²) in [6.07, 6.45) is 5.39. The van der Waals surface area contributed by atoms with Crippen LogP contribution in [0.15, 0.2) is 251 Å². The van der Waals surface area contributed by atoms with Crippen LogP contribution in [0.25, 0.3) is 138 Å². The Bertz CT molecular complexity index is 4460. The summed E-state index contributed by atoms with van der Waals surface area (Å²) in [5.41, 5.74) is 17.4. The molecule has 1 aliphatic rings. The minimum Gasteiger partial charge on any atom is -0.456 e. The van der Waals surface area contributed by atoms with E-state index in [0.29, 0.717) is 0 Å². The van der Waals surface area contributed by atoms with Gasteiger partial charge in [-0.15, -0.1) is 0 Å². The number of benzene rings is 12. The van der Waals surface area contributed by atoms with Crippen molar-refractivity contribution in [3.8, 4) is 55.6 Å². The number of fused-ring (bicyclic) bond motifs is 10. The van der Waals surface area contributed by atoms with Gasteiger partial charge < -0.3 is 8.83 Å². The third-order valence-corrected chi connectivity index (χ3v) is 15.4. The molecule has 1 atom stereocenters. The molecule has 2 nitrogen and oxygen atoms in total. The van der Waals surface area contributed by atoms with Gasteiger partial charge in [-0.05, 0) is 141 Å². The highest BCUT2D eigenvalue weighted by Crippen LogP contribution is 2.51. The molecule has 2 heteroatoms. The molecule has 0 saturated heterocycles. The molecule has 1 aliphatic carbocycles. The van der Waals surface area contributed by atoms with Crippen LogP contribution in [0, 0.1) is 0 Å². The largest absolute Gasteiger partial charge is 0.456 e. The first-order valence-corrected chi connectivity index (χ1v) is 25.0. The lowest BCUT2D eigenvalue weighted by Gasteiger charge is -2.22. The first-order valence-electron chi connectivity index (χ1n) is 25.0. The van der Waals surface area contributed by atoms with Gasteiger partial charge in [0.05, 0.1) is 0 Å². The smallest absolute Gasteiger partial charge is 0.136 e. The standard InChI is InChI=1S/C70H44O2/c1-3-17-43(18-4-1)44-33-35-46(36-34-44)66-51-23-9-12-26-54(51)68(58-29-16-31-63-69(58)56-27-13-14-30-61(56)71-63)59-41-47(37-39-55(59)66)48-38-40-62-60(42-48)70-57(28-15-32-64(70)72-62)67-52-24-10-7-21-49(52)65(45-19-5-2-6-20-45)50-22-8-11-25-53(50)67/h1-41,48H,42H2. The Hall–Kier alpha value is -9.24. The van der Waals surface area contributed by atoms with Gasteiger partial charge in [-0.25, -0.2) is 0 Å². The van der Waals surface area contributed by atoms with Crippen molar-refractivity contribution >= 4 is 82.1 Å². The number of para-hydroxylation sites is 1. The fourth-order valence-corrected chi connectivity index (χ4v) is 12.3. The van der Waals surface area contributed by atoms with Crippen LogP contribution in [0.2, 0.25) is 0 Å². The van der Waals surface area contributed by atoms with Crippen LogP contribution in [0.5, 0.6) is 0 Å². The van der Waals surface area contributed by atoms with Crippen LogP contribution in [-0.4, -0.2) is 0 Å². The molecule has 15 rings (SSSR count). The second-order valence-electron chi connectivity index (χ2n) is 19.3. The van der Waals surface area contributed by atoms with Crippen molar-refractivity contribution in [2.75, 3.05) is 0 Å². The van der Waals surface area contributed by atoms with Crippen molar-refractivity contribution in [2.45, 2.75) is 12.3 Å². The number of hydrogen-bond acceptors (Lipinski definition) is 2. The van der Waals surface area contributed by atoms with E-state index in [9.17, 15) is 0 Å². The average molecular weight is 917 g/mol. The zero-order valence-corrected chi connectivity index (χ0v) is 39.3. The monoisotopic (exact) mass is 916 g/mol. The van der Waals surface area contributed by atoms with Crippen LogP contribution >= 0.6 is 0 Å². The van der Waals surface area contributed by atoms with E-state index in [-0.39, 0.29) is 5.92 Å². The van der Waals surface area contributed by atoms with E-state index in [1.807, 2.05) is 0 Å². The molecule has 14 aromatic rings. The Balaban J connectivity index is 0.939. The lowest BCUT2D eigenvalue weighted by Crippen LogP contribution is -2.05. The Kier molecular flexibility index (Phi) is 9.12. The van der Waals surface area contributed by atoms with Crippen molar-refractivity contribution < 1.29 is 8.83 Å². The molecule has 0 amide bonds. The molecule has 12 aromatic carbocycles. The topological polar surface area (TPSA) is 26.3 Å². The maximum Gasteiger partial charge on any atom is 0.136 e. The summed E-state index contributed by atoms with van der Waals surface area (Å²) < 4.78 is 13.4. The molecule has 0 saturated carbocycles. The molecule has 336 valence electrons. The number of furan rings is 2. The summed E-state index contributed by atoms with van der Waals surface area (Å²) in [6, 6.07) is 86.3. The van der Waals surface area contributed by atoms with E-state index in [4.69, 9.17) is 8.83 Å². The van der Waals surface area contributed by atoms with Crippen LogP contribution in [0.1, 0.15) is 22.8 Å². The third kappa shape index (κ3) is 6.22. The van der Waals surface area contributed by atoms with E-state index in [1.165, 1.54) is 115 Å². The molecule has 0 radical (unpaired) electrons. The van der Waals surface area contributed by atoms with Gasteiger partial charge in [0.15, 0.2) is 0 Å². The fourth-order valence-electron chi connectivity index (χ4n) is 12.3. The predicted octanol–water partition coefficient (Wildman–Crippen LogP) is 19.6. The zero-order chi connectivity index (χ0) is 47.3. The summed E-state index contributed by atoms with van der Waals surface area (Å²) in [7, 11) is 0. The van der Waals surface area contributed by atoms with E-state index >= 15 is 0 Å². The van der Waals surface area contributed by atoms with Gasteiger partial charge in [-0.1, -0.05) is 218 Å². The Morgan fingerprint density at radius 2 is 0.750 bits per heavy atom. The number of allylic oxidation sites excluding steroid dienone is 1. The summed E-state index contributed by atoms with van der Waals surface area (Å²) in [5.74, 6) is 1.04. The SMILES string of the molecule is C1=CC(c2ccc3c(-c4ccc(-c5ccccc5)cc4)c4ccccc4c(-c4cccc5oc6ccccc6c45)c3c2)Cc2c1oc1cccc(-c3c4ccccc4c(-c4ccccc4)c4ccccc34)c21. The first kappa shape index (κ1) is 40.6. The highest BCUT2D eigenvalue weighted by Gasteiger charge is 2.27. The minimum atomic E-state index is 0.100. The van der Waals surface area contributed by atoms with Gasteiger partial charge in [-0.3, -0.25) is 0 Å². The predicted molar refractivity (Wildman–Crippen MR) is 303 cm³/mol. The van der Waals surface area contributed by atoms with Crippen LogP contribution in [0.3, 0.4) is 0 Å². The molecule has 0 fully saturated rings. The molecule has 0 N–H and O–H groups in total. The van der Waals surface area contributed by atoms with Crippen LogP contribution in [-0.2, 0) is 6.42 Å². The molecule has 1 unspecified atom stereocenters. The number of hydrogen-bond donors (Lipinski definition) is 0. The average Bonchev–Trinajstić information content (AvgIpc) is 4.03. The van der Waals surface area contributed by atoms with Crippen molar-refractivity contribution in [1.29, 1.82) is 0 Å². The van der Waals surface area contributed by atoms with Crippen molar-refractivity contribution in [3.63, 3.8) is 0 Å². The zero-order valence-electron chi connectivity index (χ0n) is 39.3. The number of rotatable bonds is 6. The van der Waals surface area contributed by atoms with Gasteiger partial charge in [0.25, 0.3) is 0 Å². The normalized spacial score (nSPS) is 13.6. The van der Waals surface area contributed by atoms with Crippen molar-refractivity contribution in [1.82, 2.24) is 0 Å². The summed E-state index contributed by atoms with van der Waals surface area (Å²) in [4.78, 5) is 0. The maximum absolute atomic E-state index is 6.82. The van der Waals surface area contributed by atoms with Gasteiger partial charge in [-0.2, -0.15) is 0 Å². The van der Waals surface area contributed by atoms with Crippen molar-refractivity contribution in [3.05, 3.63) is 260 Å². The van der Waals surface area contributed by atoms with E-state index < -0.39 is 0 Å². The van der Waals surface area contributed by atoms with Crippen LogP contribution < -0.4 is 0 Å². The summed E-state index contributed by atoms with van der Waals surface area (Å²) in [6.45, 7) is 0. The molecule has 72 heavy (non-hydrogen) atoms. The summed E-state index contributed by atoms with van der Waals surface area (Å²) in [5, 5.41) is 13.3. The lowest BCUT2D eigenvalue weighted by atomic mass is 9.80. The van der Waals surface area contributed by atoms with Crippen LogP contribution in [0.4, 0.5) is 0 Å². The molecule has 2 heterocycles. The first-order chi connectivity index (χ1) is 35.7. The van der Waals surface area contributed by atoms with Gasteiger partial charge >= 0.3 is 0 Å². The fraction of sp³-hybridized carbons (Fsp3) is 0.0286. The summed E-state index contributed by atoms with van der Waals surface area (Å²) >= 11 is 0. The highest BCUT2D eigenvalue weighted by molar-refractivity contribution is 6.26. The lowest BCUT2D eigenvalue weighted by molar-refractivity contribution is 0.592. The second kappa shape index (κ2) is 16.2. The Morgan fingerprint density at radius 1 is 0.306 bits per heavy atom. The highest BCUT2D eigenvalue weighted by atomic mass is 16.3. The molecule has 2 aromatic heterocycles. The quantitative estimate of drug-likeness (QED) is 0.155. The van der Waals surface area contributed by atoms with Gasteiger partial charge in [0.1, 0.15) is 22.5 Å². The van der Waals surface area contributed by atoms with Crippen molar-refractivity contribution in [2.24, 2.45) is 0 Å². The molecule has 0 spiro atoms. The van der Waals surface area contributed by atoms with E-state index in [1.54, 1.807) is 0 Å². The van der Waals surface area contributed by atoms with E-state index in [2.05, 4.69) is 249 Å². The Morgan fingerprint density at radius 3 is 1.38 bits per heavy atom. The maximum atomic E-state index is 6.82. The van der Waals surface area contributed by atoms with E-state index in [0.717, 1.165) is 39.7 Å².